The van der Waals surface area contributed by atoms with Gasteiger partial charge in [-0.3, -0.25) is 4.98 Å². The lowest BCUT2D eigenvalue weighted by Gasteiger charge is -1.99. The molecule has 0 atom stereocenters. The number of aromatic nitrogens is 1. The second kappa shape index (κ2) is 6.03. The third kappa shape index (κ3) is 3.74. The van der Waals surface area contributed by atoms with Gasteiger partial charge in [0.2, 0.25) is 0 Å². The average Bonchev–Trinajstić information content (AvgIpc) is 2.14. The number of nitrogens with zero attached hydrogens (tertiary/aromatic N) is 1. The smallest absolute Gasteiger partial charge is 0.0553 e. The molecule has 1 aromatic heterocycles. The number of thioether (sulfide) groups is 1. The van der Waals surface area contributed by atoms with Crippen LogP contribution in [0.3, 0.4) is 0 Å². The van der Waals surface area contributed by atoms with Gasteiger partial charge in [0.25, 0.3) is 0 Å². The lowest BCUT2D eigenvalue weighted by Crippen LogP contribution is -1.92. The van der Waals surface area contributed by atoms with E-state index in [2.05, 4.69) is 4.98 Å². The minimum atomic E-state index is 0.829. The maximum absolute atomic E-state index is 4.95. The molecule has 0 radical (unpaired) electrons. The largest absolute Gasteiger partial charge is 0.384 e. The molecule has 0 aliphatic carbocycles. The van der Waals surface area contributed by atoms with Crippen molar-refractivity contribution in [2.45, 2.75) is 5.75 Å². The van der Waals surface area contributed by atoms with Gasteiger partial charge in [0, 0.05) is 31.0 Å². The molecule has 0 N–H and O–H groups in total. The first-order valence-electron chi connectivity index (χ1n) is 3.89. The summed E-state index contributed by atoms with van der Waals surface area (Å²) in [5, 5.41) is 0. The van der Waals surface area contributed by atoms with E-state index >= 15 is 0 Å². The van der Waals surface area contributed by atoms with Crippen LogP contribution in [0.25, 0.3) is 0 Å². The lowest BCUT2D eigenvalue weighted by atomic mass is 10.3. The molecule has 1 rings (SSSR count). The van der Waals surface area contributed by atoms with Crippen molar-refractivity contribution in [2.75, 3.05) is 19.5 Å². The Hall–Kier alpha value is -0.540. The molecule has 0 fully saturated rings. The standard InChI is InChI=1S/C9H13NOS/c1-11-6-7-12-8-9-2-4-10-5-3-9/h2-5H,6-8H2,1H3. The van der Waals surface area contributed by atoms with Gasteiger partial charge < -0.3 is 4.74 Å². The van der Waals surface area contributed by atoms with Crippen molar-refractivity contribution in [3.05, 3.63) is 30.1 Å². The van der Waals surface area contributed by atoms with Crippen LogP contribution >= 0.6 is 11.8 Å². The van der Waals surface area contributed by atoms with E-state index in [0.717, 1.165) is 18.1 Å². The molecule has 0 aliphatic heterocycles. The summed E-state index contributed by atoms with van der Waals surface area (Å²) in [6, 6.07) is 4.08. The van der Waals surface area contributed by atoms with E-state index in [1.165, 1.54) is 5.56 Å². The van der Waals surface area contributed by atoms with Crippen LogP contribution in [0.15, 0.2) is 24.5 Å². The molecule has 0 amide bonds. The van der Waals surface area contributed by atoms with Gasteiger partial charge in [0.15, 0.2) is 0 Å². The minimum absolute atomic E-state index is 0.829. The van der Waals surface area contributed by atoms with Gasteiger partial charge in [-0.15, -0.1) is 0 Å². The molecule has 1 heterocycles. The molecule has 0 bridgehead atoms. The molecule has 12 heavy (non-hydrogen) atoms. The third-order valence-corrected chi connectivity index (χ3v) is 2.44. The average molecular weight is 183 g/mol. The second-order valence-corrected chi connectivity index (χ2v) is 3.51. The fourth-order valence-corrected chi connectivity index (χ4v) is 1.67. The Morgan fingerprint density at radius 3 is 2.83 bits per heavy atom. The van der Waals surface area contributed by atoms with Gasteiger partial charge in [0.05, 0.1) is 6.61 Å². The van der Waals surface area contributed by atoms with Crippen LogP contribution < -0.4 is 0 Å². The van der Waals surface area contributed by atoms with Gasteiger partial charge >= 0.3 is 0 Å². The highest BCUT2D eigenvalue weighted by Gasteiger charge is 1.91. The zero-order valence-corrected chi connectivity index (χ0v) is 8.01. The van der Waals surface area contributed by atoms with Gasteiger partial charge in [0.1, 0.15) is 0 Å². The highest BCUT2D eigenvalue weighted by molar-refractivity contribution is 7.98. The van der Waals surface area contributed by atoms with Crippen molar-refractivity contribution < 1.29 is 4.74 Å². The summed E-state index contributed by atoms with van der Waals surface area (Å²) >= 11 is 1.88. The molecule has 2 nitrogen and oxygen atoms in total. The van der Waals surface area contributed by atoms with E-state index < -0.39 is 0 Å². The molecular formula is C9H13NOS. The van der Waals surface area contributed by atoms with Gasteiger partial charge in [-0.2, -0.15) is 11.8 Å². The predicted molar refractivity (Wildman–Crippen MR) is 52.3 cm³/mol. The van der Waals surface area contributed by atoms with Crippen molar-refractivity contribution in [3.63, 3.8) is 0 Å². The van der Waals surface area contributed by atoms with Crippen LogP contribution in [-0.4, -0.2) is 24.5 Å². The Labute approximate surface area is 77.3 Å². The fourth-order valence-electron chi connectivity index (χ4n) is 0.811. The molecular weight excluding hydrogens is 170 g/mol. The van der Waals surface area contributed by atoms with Crippen molar-refractivity contribution in [2.24, 2.45) is 0 Å². The maximum atomic E-state index is 4.95. The first kappa shape index (κ1) is 9.55. The Morgan fingerprint density at radius 2 is 2.17 bits per heavy atom. The number of rotatable bonds is 5. The molecule has 0 unspecified atom stereocenters. The highest BCUT2D eigenvalue weighted by atomic mass is 32.2. The van der Waals surface area contributed by atoms with E-state index in [-0.39, 0.29) is 0 Å². The summed E-state index contributed by atoms with van der Waals surface area (Å²) in [4.78, 5) is 3.96. The second-order valence-electron chi connectivity index (χ2n) is 2.40. The molecule has 0 spiro atoms. The van der Waals surface area contributed by atoms with Crippen LogP contribution in [-0.2, 0) is 10.5 Å². The fraction of sp³-hybridized carbons (Fsp3) is 0.444. The van der Waals surface area contributed by atoms with Gasteiger partial charge in [-0.1, -0.05) is 0 Å². The zero-order chi connectivity index (χ0) is 8.65. The molecule has 66 valence electrons. The Kier molecular flexibility index (Phi) is 4.80. The van der Waals surface area contributed by atoms with E-state index in [0.29, 0.717) is 0 Å². The summed E-state index contributed by atoms with van der Waals surface area (Å²) in [7, 11) is 1.73. The first-order valence-corrected chi connectivity index (χ1v) is 5.04. The first-order chi connectivity index (χ1) is 5.93. The molecule has 3 heteroatoms. The molecule has 0 saturated heterocycles. The molecule has 0 saturated carbocycles. The van der Waals surface area contributed by atoms with Crippen LogP contribution in [0.1, 0.15) is 5.56 Å². The highest BCUT2D eigenvalue weighted by Crippen LogP contribution is 2.09. The number of hydrogen-bond acceptors (Lipinski definition) is 3. The third-order valence-electron chi connectivity index (χ3n) is 1.45. The molecule has 0 aromatic carbocycles. The number of ether oxygens (including phenoxy) is 1. The Morgan fingerprint density at radius 1 is 1.42 bits per heavy atom. The summed E-state index contributed by atoms with van der Waals surface area (Å²) < 4.78 is 4.95. The summed E-state index contributed by atoms with van der Waals surface area (Å²) in [6.45, 7) is 0.829. The summed E-state index contributed by atoms with van der Waals surface area (Å²) in [5.41, 5.74) is 1.33. The van der Waals surface area contributed by atoms with Crippen molar-refractivity contribution in [1.29, 1.82) is 0 Å². The Bertz CT molecular complexity index is 203. The van der Waals surface area contributed by atoms with Gasteiger partial charge in [-0.25, -0.2) is 0 Å². The lowest BCUT2D eigenvalue weighted by molar-refractivity contribution is 0.218. The summed E-state index contributed by atoms with van der Waals surface area (Å²) in [5.74, 6) is 2.10. The predicted octanol–water partition coefficient (Wildman–Crippen LogP) is 1.96. The van der Waals surface area contributed by atoms with Crippen LogP contribution in [0.4, 0.5) is 0 Å². The quantitative estimate of drug-likeness (QED) is 0.651. The monoisotopic (exact) mass is 183 g/mol. The van der Waals surface area contributed by atoms with Crippen LogP contribution in [0.2, 0.25) is 0 Å². The zero-order valence-electron chi connectivity index (χ0n) is 7.19. The normalized spacial score (nSPS) is 10.1. The Balaban J connectivity index is 2.16. The topological polar surface area (TPSA) is 22.1 Å². The number of hydrogen-bond donors (Lipinski definition) is 0. The molecule has 0 aliphatic rings. The minimum Gasteiger partial charge on any atom is -0.384 e. The van der Waals surface area contributed by atoms with E-state index in [1.807, 2.05) is 36.3 Å². The van der Waals surface area contributed by atoms with Gasteiger partial charge in [-0.05, 0) is 17.7 Å². The van der Waals surface area contributed by atoms with E-state index in [9.17, 15) is 0 Å². The van der Waals surface area contributed by atoms with E-state index in [1.54, 1.807) is 7.11 Å². The van der Waals surface area contributed by atoms with E-state index in [4.69, 9.17) is 4.74 Å². The molecule has 1 aromatic rings. The number of pyridine rings is 1. The summed E-state index contributed by atoms with van der Waals surface area (Å²) in [6.07, 6.45) is 3.65. The van der Waals surface area contributed by atoms with Crippen LogP contribution in [0.5, 0.6) is 0 Å². The van der Waals surface area contributed by atoms with Crippen molar-refractivity contribution >= 4 is 11.8 Å². The van der Waals surface area contributed by atoms with Crippen molar-refractivity contribution in [1.82, 2.24) is 4.98 Å². The SMILES string of the molecule is COCCSCc1ccncc1. The van der Waals surface area contributed by atoms with Crippen LogP contribution in [0, 0.1) is 0 Å². The number of methoxy groups -OCH3 is 1. The maximum Gasteiger partial charge on any atom is 0.0553 e. The van der Waals surface area contributed by atoms with Crippen molar-refractivity contribution in [3.8, 4) is 0 Å².